The molecule has 0 spiro atoms. The molecule has 0 saturated carbocycles. The lowest BCUT2D eigenvalue weighted by Crippen LogP contribution is -2.46. The van der Waals surface area contributed by atoms with Gasteiger partial charge in [0.1, 0.15) is 0 Å². The Labute approximate surface area is 202 Å². The highest BCUT2D eigenvalue weighted by molar-refractivity contribution is 7.92. The average Bonchev–Trinajstić information content (AvgIpc) is 2.89. The minimum absolute atomic E-state index is 0.000937. The summed E-state index contributed by atoms with van der Waals surface area (Å²) in [5, 5.41) is 4.51. The molecule has 2 fully saturated rings. The van der Waals surface area contributed by atoms with Crippen molar-refractivity contribution in [3.63, 3.8) is 0 Å². The Hall–Kier alpha value is -2.52. The molecular formula is C26H33N3O4S. The molecule has 2 aliphatic heterocycles. The zero-order chi connectivity index (χ0) is 23.8. The number of piperidine rings is 1. The van der Waals surface area contributed by atoms with Crippen molar-refractivity contribution in [2.75, 3.05) is 45.9 Å². The molecule has 1 atom stereocenters. The molecule has 2 aliphatic rings. The van der Waals surface area contributed by atoms with Crippen LogP contribution in [0.3, 0.4) is 0 Å². The summed E-state index contributed by atoms with van der Waals surface area (Å²) in [5.41, 5.74) is 1.92. The second-order valence-corrected chi connectivity index (χ2v) is 10.6. The van der Waals surface area contributed by atoms with Crippen molar-refractivity contribution >= 4 is 22.0 Å². The summed E-state index contributed by atoms with van der Waals surface area (Å²) < 4.78 is 32.4. The van der Waals surface area contributed by atoms with E-state index in [4.69, 9.17) is 4.74 Å². The van der Waals surface area contributed by atoms with E-state index in [1.165, 1.54) is 9.71 Å². The Kier molecular flexibility index (Phi) is 8.50. The molecule has 1 N–H and O–H groups in total. The maximum Gasteiger partial charge on any atom is 0.236 e. The smallest absolute Gasteiger partial charge is 0.236 e. The third kappa shape index (κ3) is 6.76. The van der Waals surface area contributed by atoms with Gasteiger partial charge in [-0.2, -0.15) is 4.31 Å². The second-order valence-electron chi connectivity index (χ2n) is 8.82. The monoisotopic (exact) mass is 483 g/mol. The first-order valence-electron chi connectivity index (χ1n) is 11.9. The molecule has 2 aromatic rings. The van der Waals surface area contributed by atoms with E-state index in [0.29, 0.717) is 39.1 Å². The van der Waals surface area contributed by atoms with Crippen molar-refractivity contribution < 1.29 is 17.9 Å². The molecule has 1 amide bonds. The Morgan fingerprint density at radius 1 is 0.971 bits per heavy atom. The normalized spacial score (nSPS) is 19.8. The topological polar surface area (TPSA) is 79.0 Å². The van der Waals surface area contributed by atoms with Gasteiger partial charge in [0.05, 0.1) is 19.3 Å². The van der Waals surface area contributed by atoms with Crippen molar-refractivity contribution in [2.45, 2.75) is 18.9 Å². The van der Waals surface area contributed by atoms with E-state index < -0.39 is 10.0 Å². The van der Waals surface area contributed by atoms with Crippen LogP contribution in [0.5, 0.6) is 0 Å². The summed E-state index contributed by atoms with van der Waals surface area (Å²) >= 11 is 0. The predicted octanol–water partition coefficient (Wildman–Crippen LogP) is 2.89. The molecule has 2 saturated heterocycles. The van der Waals surface area contributed by atoms with Gasteiger partial charge in [0, 0.05) is 44.0 Å². The minimum Gasteiger partial charge on any atom is -0.379 e. The van der Waals surface area contributed by atoms with E-state index in [1.54, 1.807) is 6.08 Å². The molecule has 1 unspecified atom stereocenters. The van der Waals surface area contributed by atoms with Crippen LogP contribution in [0, 0.1) is 5.92 Å². The third-order valence-electron chi connectivity index (χ3n) is 6.48. The van der Waals surface area contributed by atoms with Gasteiger partial charge in [0.2, 0.25) is 15.9 Å². The van der Waals surface area contributed by atoms with Gasteiger partial charge >= 0.3 is 0 Å². The number of sulfonamides is 1. The molecular weight excluding hydrogens is 450 g/mol. The fourth-order valence-electron chi connectivity index (χ4n) is 4.44. The molecule has 4 rings (SSSR count). The Morgan fingerprint density at radius 3 is 2.24 bits per heavy atom. The highest BCUT2D eigenvalue weighted by atomic mass is 32.2. The summed E-state index contributed by atoms with van der Waals surface area (Å²) in [6.45, 7) is 4.55. The van der Waals surface area contributed by atoms with E-state index in [-0.39, 0.29) is 17.9 Å². The number of benzene rings is 2. The molecule has 34 heavy (non-hydrogen) atoms. The van der Waals surface area contributed by atoms with Crippen LogP contribution < -0.4 is 5.32 Å². The number of carbonyl (C=O) groups is 1. The third-order valence-corrected chi connectivity index (χ3v) is 8.04. The van der Waals surface area contributed by atoms with Crippen molar-refractivity contribution in [2.24, 2.45) is 5.92 Å². The number of nitrogens with zero attached hydrogens (tertiary/aromatic N) is 2. The minimum atomic E-state index is -3.51. The quantitative estimate of drug-likeness (QED) is 0.625. The van der Waals surface area contributed by atoms with Crippen molar-refractivity contribution in [3.8, 4) is 0 Å². The van der Waals surface area contributed by atoms with Crippen molar-refractivity contribution in [3.05, 3.63) is 77.2 Å². The van der Waals surface area contributed by atoms with Gasteiger partial charge in [-0.3, -0.25) is 9.69 Å². The molecule has 8 heteroatoms. The molecule has 182 valence electrons. The number of hydrogen-bond acceptors (Lipinski definition) is 5. The summed E-state index contributed by atoms with van der Waals surface area (Å²) in [7, 11) is -3.51. The molecule has 7 nitrogen and oxygen atoms in total. The lowest BCUT2D eigenvalue weighted by molar-refractivity contribution is -0.127. The Bertz CT molecular complexity index is 1050. The van der Waals surface area contributed by atoms with Crippen LogP contribution in [0.15, 0.2) is 66.1 Å². The molecule has 0 aliphatic carbocycles. The molecule has 2 aromatic carbocycles. The summed E-state index contributed by atoms with van der Waals surface area (Å²) in [5.74, 6) is -0.195. The fourth-order valence-corrected chi connectivity index (χ4v) is 5.66. The van der Waals surface area contributed by atoms with Crippen LogP contribution in [0.4, 0.5) is 0 Å². The van der Waals surface area contributed by atoms with Gasteiger partial charge in [-0.15, -0.1) is 0 Å². The summed E-state index contributed by atoms with van der Waals surface area (Å²) in [4.78, 5) is 15.5. The average molecular weight is 484 g/mol. The van der Waals surface area contributed by atoms with E-state index in [0.717, 1.165) is 30.8 Å². The van der Waals surface area contributed by atoms with E-state index in [2.05, 4.69) is 10.2 Å². The van der Waals surface area contributed by atoms with Gasteiger partial charge in [-0.1, -0.05) is 60.7 Å². The van der Waals surface area contributed by atoms with Gasteiger partial charge in [-0.25, -0.2) is 8.42 Å². The van der Waals surface area contributed by atoms with E-state index in [1.807, 2.05) is 60.7 Å². The second kappa shape index (κ2) is 11.8. The largest absolute Gasteiger partial charge is 0.379 e. The van der Waals surface area contributed by atoms with Crippen LogP contribution in [0.25, 0.3) is 6.08 Å². The Balaban J connectivity index is 1.34. The summed E-state index contributed by atoms with van der Waals surface area (Å²) in [6, 6.07) is 19.3. The number of nitrogens with one attached hydrogen (secondary N) is 1. The van der Waals surface area contributed by atoms with Gasteiger partial charge in [-0.05, 0) is 30.0 Å². The highest BCUT2D eigenvalue weighted by Crippen LogP contribution is 2.23. The predicted molar refractivity (Wildman–Crippen MR) is 133 cm³/mol. The number of rotatable bonds is 8. The van der Waals surface area contributed by atoms with Gasteiger partial charge in [0.25, 0.3) is 0 Å². The van der Waals surface area contributed by atoms with Gasteiger partial charge < -0.3 is 10.1 Å². The zero-order valence-electron chi connectivity index (χ0n) is 19.4. The van der Waals surface area contributed by atoms with Crippen LogP contribution in [-0.2, 0) is 19.6 Å². The van der Waals surface area contributed by atoms with Crippen LogP contribution in [0.2, 0.25) is 0 Å². The first-order chi connectivity index (χ1) is 16.5. The standard InChI is InChI=1S/C26H33N3O4S/c30-26(27-25(23-9-5-2-6-10-23)21-28-16-18-33-19-17-28)24-11-14-29(15-12-24)34(31,32)20-13-22-7-3-1-4-8-22/h1-10,13,20,24-25H,11-12,14-19,21H2,(H,27,30). The lowest BCUT2D eigenvalue weighted by Gasteiger charge is -2.33. The van der Waals surface area contributed by atoms with Crippen LogP contribution in [0.1, 0.15) is 30.0 Å². The molecule has 0 aromatic heterocycles. The first kappa shape index (κ1) is 24.6. The number of ether oxygens (including phenoxy) is 1. The maximum atomic E-state index is 13.2. The lowest BCUT2D eigenvalue weighted by atomic mass is 9.96. The highest BCUT2D eigenvalue weighted by Gasteiger charge is 2.31. The summed E-state index contributed by atoms with van der Waals surface area (Å²) in [6.07, 6.45) is 2.65. The van der Waals surface area contributed by atoms with Gasteiger partial charge in [0.15, 0.2) is 0 Å². The first-order valence-corrected chi connectivity index (χ1v) is 13.4. The van der Waals surface area contributed by atoms with Crippen LogP contribution >= 0.6 is 0 Å². The number of morpholine rings is 1. The van der Waals surface area contributed by atoms with Crippen molar-refractivity contribution in [1.29, 1.82) is 0 Å². The Morgan fingerprint density at radius 2 is 1.59 bits per heavy atom. The fraction of sp³-hybridized carbons (Fsp3) is 0.423. The number of amides is 1. The molecule has 0 radical (unpaired) electrons. The number of hydrogen-bond donors (Lipinski definition) is 1. The van der Waals surface area contributed by atoms with E-state index in [9.17, 15) is 13.2 Å². The zero-order valence-corrected chi connectivity index (χ0v) is 20.2. The molecule has 2 heterocycles. The van der Waals surface area contributed by atoms with E-state index >= 15 is 0 Å². The number of carbonyl (C=O) groups excluding carboxylic acids is 1. The van der Waals surface area contributed by atoms with Crippen LogP contribution in [-0.4, -0.2) is 69.5 Å². The SMILES string of the molecule is O=C(NC(CN1CCOCC1)c1ccccc1)C1CCN(S(=O)(=O)C=Cc2ccccc2)CC1. The maximum absolute atomic E-state index is 13.2. The molecule has 0 bridgehead atoms. The van der Waals surface area contributed by atoms with Crippen molar-refractivity contribution in [1.82, 2.24) is 14.5 Å².